The molecule has 1 saturated heterocycles. The van der Waals surface area contributed by atoms with Crippen LogP contribution >= 0.6 is 0 Å². The van der Waals surface area contributed by atoms with E-state index in [-0.39, 0.29) is 18.4 Å². The molecule has 0 aliphatic carbocycles. The van der Waals surface area contributed by atoms with E-state index in [4.69, 9.17) is 4.74 Å². The fourth-order valence-corrected chi connectivity index (χ4v) is 3.35. The molecule has 1 aliphatic heterocycles. The third kappa shape index (κ3) is 6.24. The van der Waals surface area contributed by atoms with Crippen LogP contribution < -0.4 is 15.4 Å². The van der Waals surface area contributed by atoms with Gasteiger partial charge in [-0.1, -0.05) is 26.0 Å². The Morgan fingerprint density at radius 3 is 2.40 bits per heavy atom. The van der Waals surface area contributed by atoms with Gasteiger partial charge in [-0.05, 0) is 61.6 Å². The van der Waals surface area contributed by atoms with Gasteiger partial charge in [-0.15, -0.1) is 0 Å². The smallest absolute Gasteiger partial charge is 0.253 e. The van der Waals surface area contributed by atoms with Gasteiger partial charge in [-0.25, -0.2) is 0 Å². The van der Waals surface area contributed by atoms with Crippen LogP contribution in [-0.2, 0) is 4.79 Å². The normalized spacial score (nSPS) is 13.8. The zero-order valence-electron chi connectivity index (χ0n) is 17.8. The summed E-state index contributed by atoms with van der Waals surface area (Å²) in [5.74, 6) is 1.06. The van der Waals surface area contributed by atoms with Gasteiger partial charge in [0.15, 0.2) is 0 Å². The molecule has 0 saturated carbocycles. The van der Waals surface area contributed by atoms with E-state index in [9.17, 15) is 9.59 Å². The van der Waals surface area contributed by atoms with Crippen molar-refractivity contribution >= 4 is 23.2 Å². The minimum absolute atomic E-state index is 0.0623. The van der Waals surface area contributed by atoms with Gasteiger partial charge in [0.05, 0.1) is 18.8 Å². The average Bonchev–Trinajstić information content (AvgIpc) is 2.77. The largest absolute Gasteiger partial charge is 0.491 e. The van der Waals surface area contributed by atoms with Crippen LogP contribution in [-0.4, -0.2) is 43.0 Å². The van der Waals surface area contributed by atoms with Crippen LogP contribution in [0.15, 0.2) is 48.5 Å². The molecule has 2 aromatic carbocycles. The number of nitrogens with one attached hydrogen (secondary N) is 2. The molecule has 30 heavy (non-hydrogen) atoms. The summed E-state index contributed by atoms with van der Waals surface area (Å²) in [5, 5.41) is 5.99. The molecule has 3 rings (SSSR count). The highest BCUT2D eigenvalue weighted by molar-refractivity contribution is 5.96. The number of rotatable bonds is 8. The van der Waals surface area contributed by atoms with Crippen molar-refractivity contribution in [3.05, 3.63) is 54.1 Å². The second-order valence-electron chi connectivity index (χ2n) is 8.03. The third-order valence-corrected chi connectivity index (χ3v) is 4.96. The first-order valence-corrected chi connectivity index (χ1v) is 10.7. The SMILES string of the molecule is CC(C)COc1ccccc1NCC(=O)Nc1ccc(C(=O)N2CCCCC2)cc1. The fraction of sp³-hybridized carbons (Fsp3) is 0.417. The number of likely N-dealkylation sites (tertiary alicyclic amines) is 1. The molecule has 160 valence electrons. The maximum absolute atomic E-state index is 12.5. The molecule has 0 atom stereocenters. The van der Waals surface area contributed by atoms with Gasteiger partial charge in [-0.2, -0.15) is 0 Å². The maximum Gasteiger partial charge on any atom is 0.253 e. The molecule has 2 N–H and O–H groups in total. The number of piperidine rings is 1. The topological polar surface area (TPSA) is 70.7 Å². The second-order valence-corrected chi connectivity index (χ2v) is 8.03. The van der Waals surface area contributed by atoms with Crippen molar-refractivity contribution in [3.63, 3.8) is 0 Å². The lowest BCUT2D eigenvalue weighted by Gasteiger charge is -2.26. The summed E-state index contributed by atoms with van der Waals surface area (Å²) in [6, 6.07) is 14.7. The van der Waals surface area contributed by atoms with Crippen molar-refractivity contribution in [2.24, 2.45) is 5.92 Å². The summed E-state index contributed by atoms with van der Waals surface area (Å²) >= 11 is 0. The summed E-state index contributed by atoms with van der Waals surface area (Å²) in [4.78, 5) is 26.8. The molecule has 2 amide bonds. The molecule has 1 heterocycles. The molecule has 1 fully saturated rings. The van der Waals surface area contributed by atoms with Crippen LogP contribution in [0.5, 0.6) is 5.75 Å². The molecule has 0 radical (unpaired) electrons. The van der Waals surface area contributed by atoms with Crippen molar-refractivity contribution < 1.29 is 14.3 Å². The lowest BCUT2D eigenvalue weighted by Crippen LogP contribution is -2.35. The van der Waals surface area contributed by atoms with Crippen LogP contribution in [0.3, 0.4) is 0 Å². The van der Waals surface area contributed by atoms with Gasteiger partial charge in [0.25, 0.3) is 5.91 Å². The van der Waals surface area contributed by atoms with Gasteiger partial charge in [0.1, 0.15) is 5.75 Å². The van der Waals surface area contributed by atoms with Crippen LogP contribution in [0.1, 0.15) is 43.5 Å². The number of amides is 2. The van der Waals surface area contributed by atoms with Crippen LogP contribution in [0.4, 0.5) is 11.4 Å². The number of carbonyl (C=O) groups is 2. The van der Waals surface area contributed by atoms with E-state index in [2.05, 4.69) is 24.5 Å². The summed E-state index contributed by atoms with van der Waals surface area (Å²) in [5.41, 5.74) is 2.11. The molecule has 1 aliphatic rings. The standard InChI is InChI=1S/C24H31N3O3/c1-18(2)17-30-22-9-5-4-8-21(22)25-16-23(28)26-20-12-10-19(11-13-20)24(29)27-14-6-3-7-15-27/h4-5,8-13,18,25H,3,6-7,14-17H2,1-2H3,(H,26,28). The van der Waals surface area contributed by atoms with Crippen molar-refractivity contribution in [2.75, 3.05) is 36.9 Å². The van der Waals surface area contributed by atoms with Gasteiger partial charge >= 0.3 is 0 Å². The number of hydrogen-bond donors (Lipinski definition) is 2. The number of anilines is 2. The first-order chi connectivity index (χ1) is 14.5. The number of nitrogens with zero attached hydrogens (tertiary/aromatic N) is 1. The third-order valence-electron chi connectivity index (χ3n) is 4.96. The van der Waals surface area contributed by atoms with E-state index in [1.807, 2.05) is 29.2 Å². The lowest BCUT2D eigenvalue weighted by molar-refractivity contribution is -0.114. The monoisotopic (exact) mass is 409 g/mol. The maximum atomic E-state index is 12.5. The van der Waals surface area contributed by atoms with Gasteiger partial charge < -0.3 is 20.3 Å². The molecule has 6 nitrogen and oxygen atoms in total. The molecule has 6 heteroatoms. The van der Waals surface area contributed by atoms with E-state index in [0.29, 0.717) is 23.8 Å². The average molecular weight is 410 g/mol. The summed E-state index contributed by atoms with van der Waals surface area (Å²) < 4.78 is 5.80. The number of benzene rings is 2. The minimum Gasteiger partial charge on any atom is -0.491 e. The first-order valence-electron chi connectivity index (χ1n) is 10.7. The Morgan fingerprint density at radius 1 is 1.00 bits per heavy atom. The molecule has 0 unspecified atom stereocenters. The number of hydrogen-bond acceptors (Lipinski definition) is 4. The Kier molecular flexibility index (Phi) is 7.71. The second kappa shape index (κ2) is 10.7. The number of para-hydroxylation sites is 2. The number of ether oxygens (including phenoxy) is 1. The molecule has 0 aromatic heterocycles. The van der Waals surface area contributed by atoms with E-state index >= 15 is 0 Å². The zero-order valence-corrected chi connectivity index (χ0v) is 17.8. The van der Waals surface area contributed by atoms with E-state index in [1.165, 1.54) is 6.42 Å². The zero-order chi connectivity index (χ0) is 21.3. The number of carbonyl (C=O) groups excluding carboxylic acids is 2. The first kappa shape index (κ1) is 21.7. The summed E-state index contributed by atoms with van der Waals surface area (Å²) in [6.45, 7) is 6.57. The summed E-state index contributed by atoms with van der Waals surface area (Å²) in [7, 11) is 0. The Labute approximate surface area is 178 Å². The molecule has 0 bridgehead atoms. The lowest BCUT2D eigenvalue weighted by atomic mass is 10.1. The fourth-order valence-electron chi connectivity index (χ4n) is 3.35. The Morgan fingerprint density at radius 2 is 1.70 bits per heavy atom. The van der Waals surface area contributed by atoms with Crippen LogP contribution in [0.2, 0.25) is 0 Å². The van der Waals surface area contributed by atoms with Crippen molar-refractivity contribution in [1.82, 2.24) is 4.90 Å². The molecular weight excluding hydrogens is 378 g/mol. The van der Waals surface area contributed by atoms with E-state index in [0.717, 1.165) is 37.4 Å². The highest BCUT2D eigenvalue weighted by Crippen LogP contribution is 2.24. The van der Waals surface area contributed by atoms with Crippen LogP contribution in [0, 0.1) is 5.92 Å². The quantitative estimate of drug-likeness (QED) is 0.678. The van der Waals surface area contributed by atoms with Gasteiger partial charge in [0, 0.05) is 24.3 Å². The highest BCUT2D eigenvalue weighted by Gasteiger charge is 2.18. The Bertz CT molecular complexity index is 843. The van der Waals surface area contributed by atoms with E-state index in [1.54, 1.807) is 24.3 Å². The predicted molar refractivity (Wildman–Crippen MR) is 120 cm³/mol. The Balaban J connectivity index is 1.51. The van der Waals surface area contributed by atoms with Crippen molar-refractivity contribution in [3.8, 4) is 5.75 Å². The van der Waals surface area contributed by atoms with Crippen LogP contribution in [0.25, 0.3) is 0 Å². The van der Waals surface area contributed by atoms with E-state index < -0.39 is 0 Å². The Hall–Kier alpha value is -3.02. The molecular formula is C24H31N3O3. The van der Waals surface area contributed by atoms with Gasteiger partial charge in [0.2, 0.25) is 5.91 Å². The minimum atomic E-state index is -0.163. The van der Waals surface area contributed by atoms with Crippen molar-refractivity contribution in [1.29, 1.82) is 0 Å². The highest BCUT2D eigenvalue weighted by atomic mass is 16.5. The molecule has 0 spiro atoms. The summed E-state index contributed by atoms with van der Waals surface area (Å²) in [6.07, 6.45) is 3.33. The predicted octanol–water partition coefficient (Wildman–Crippen LogP) is 4.40. The molecule has 2 aromatic rings. The van der Waals surface area contributed by atoms with Gasteiger partial charge in [-0.3, -0.25) is 9.59 Å². The van der Waals surface area contributed by atoms with Crippen molar-refractivity contribution in [2.45, 2.75) is 33.1 Å².